The first-order chi connectivity index (χ1) is 12.0. The smallest absolute Gasteiger partial charge is 0.756 e. The Morgan fingerprint density at radius 1 is 0.815 bits per heavy atom. The van der Waals surface area contributed by atoms with Gasteiger partial charge in [-0.2, -0.15) is 0 Å². The van der Waals surface area contributed by atoms with Gasteiger partial charge in [0, 0.05) is 0 Å². The Bertz CT molecular complexity index is 387. The van der Waals surface area contributed by atoms with Gasteiger partial charge in [0.2, 0.25) is 0 Å². The van der Waals surface area contributed by atoms with Crippen LogP contribution >= 0.6 is 15.6 Å². The van der Waals surface area contributed by atoms with Crippen LogP contribution < -0.4 is 34.5 Å². The fourth-order valence-electron chi connectivity index (χ4n) is 2.23. The summed E-state index contributed by atoms with van der Waals surface area (Å²) in [6.07, 6.45) is 8.38. The summed E-state index contributed by atoms with van der Waals surface area (Å²) in [6, 6.07) is 0. The number of rotatable bonds is 14. The van der Waals surface area contributed by atoms with Crippen LogP contribution in [-0.4, -0.2) is 27.9 Å². The van der Waals surface area contributed by atoms with Crippen molar-refractivity contribution in [3.8, 4) is 0 Å². The van der Waals surface area contributed by atoms with Gasteiger partial charge in [0.15, 0.2) is 0 Å². The van der Waals surface area contributed by atoms with E-state index in [1.165, 1.54) is 0 Å². The molecular formula is C16H37NaO8P2. The summed E-state index contributed by atoms with van der Waals surface area (Å²) in [6.45, 7) is 8.91. The average Bonchev–Trinajstić information content (AvgIpc) is 2.53. The van der Waals surface area contributed by atoms with E-state index in [1.54, 1.807) is 0 Å². The Morgan fingerprint density at radius 3 is 1.33 bits per heavy atom. The zero-order valence-corrected chi connectivity index (χ0v) is 21.3. The predicted molar refractivity (Wildman–Crippen MR) is 100 cm³/mol. The van der Waals surface area contributed by atoms with Crippen LogP contribution in [0.2, 0.25) is 0 Å². The van der Waals surface area contributed by atoms with E-state index in [0.717, 1.165) is 51.4 Å². The summed E-state index contributed by atoms with van der Waals surface area (Å²) in [5.41, 5.74) is 0. The third-order valence-electron chi connectivity index (χ3n) is 4.02. The molecule has 160 valence electrons. The van der Waals surface area contributed by atoms with Crippen LogP contribution in [0, 0.1) is 11.8 Å². The van der Waals surface area contributed by atoms with Gasteiger partial charge in [-0.15, -0.1) is 0 Å². The normalized spacial score (nSPS) is 15.7. The molecule has 0 heterocycles. The number of unbranched alkanes of at least 4 members (excludes halogenated alkanes) is 2. The molecule has 0 bridgehead atoms. The van der Waals surface area contributed by atoms with E-state index in [4.69, 9.17) is 28.3 Å². The van der Waals surface area contributed by atoms with Crippen LogP contribution in [0.15, 0.2) is 0 Å². The maximum absolute atomic E-state index is 11.8. The van der Waals surface area contributed by atoms with E-state index in [-0.39, 0.29) is 42.8 Å². The first kappa shape index (κ1) is 32.9. The topological polar surface area (TPSA) is 136 Å². The monoisotopic (exact) mass is 442 g/mol. The van der Waals surface area contributed by atoms with E-state index in [0.29, 0.717) is 11.8 Å². The molecule has 0 amide bonds. The van der Waals surface area contributed by atoms with Crippen molar-refractivity contribution >= 4 is 15.6 Å². The van der Waals surface area contributed by atoms with E-state index < -0.39 is 15.6 Å². The second-order valence-electron chi connectivity index (χ2n) is 6.39. The molecule has 2 unspecified atom stereocenters. The molecule has 0 rings (SSSR count). The standard InChI is InChI=1S/C16H35O4P.Na.H3O4P/c1-5-9-11-15(7-3)13-19-21(17,18)20-14-16(8-4)12-10-6-2;;1-5(2,3)4/h15-16H,5-14H2,1-4H3,(H,17,18);;(H3,1,2,3,4)/q;+1;/p-1. The number of phosphoric ester groups is 1. The average molecular weight is 442 g/mol. The number of phosphoric acid groups is 2. The molecule has 11 heteroatoms. The van der Waals surface area contributed by atoms with Crippen molar-refractivity contribution in [2.24, 2.45) is 11.8 Å². The maximum atomic E-state index is 11.8. The van der Waals surface area contributed by atoms with Gasteiger partial charge in [-0.3, -0.25) is 4.57 Å². The van der Waals surface area contributed by atoms with Crippen molar-refractivity contribution in [3.63, 3.8) is 0 Å². The molecule has 0 aliphatic rings. The molecule has 0 aromatic rings. The molecule has 0 radical (unpaired) electrons. The van der Waals surface area contributed by atoms with Gasteiger partial charge in [-0.1, -0.05) is 66.2 Å². The van der Waals surface area contributed by atoms with Gasteiger partial charge in [-0.25, -0.2) is 4.57 Å². The Morgan fingerprint density at radius 2 is 1.11 bits per heavy atom. The van der Waals surface area contributed by atoms with Crippen molar-refractivity contribution < 1.29 is 67.3 Å². The molecule has 0 aromatic carbocycles. The van der Waals surface area contributed by atoms with Gasteiger partial charge in [0.25, 0.3) is 7.82 Å². The van der Waals surface area contributed by atoms with Crippen LogP contribution in [0.1, 0.15) is 79.1 Å². The number of hydrogen-bond donors (Lipinski definition) is 3. The Kier molecular flexibility index (Phi) is 23.4. The first-order valence-corrected chi connectivity index (χ1v) is 12.4. The molecule has 0 aliphatic carbocycles. The van der Waals surface area contributed by atoms with Crippen LogP contribution in [0.4, 0.5) is 0 Å². The molecule has 0 spiro atoms. The van der Waals surface area contributed by atoms with E-state index in [1.807, 2.05) is 0 Å². The molecule has 27 heavy (non-hydrogen) atoms. The molecule has 0 saturated heterocycles. The molecule has 0 fully saturated rings. The molecule has 0 aromatic heterocycles. The first-order valence-electron chi connectivity index (χ1n) is 9.37. The van der Waals surface area contributed by atoms with Crippen LogP contribution in [0.3, 0.4) is 0 Å². The fourth-order valence-corrected chi connectivity index (χ4v) is 3.09. The molecule has 3 N–H and O–H groups in total. The summed E-state index contributed by atoms with van der Waals surface area (Å²) in [4.78, 5) is 33.4. The fraction of sp³-hybridized carbons (Fsp3) is 1.00. The zero-order chi connectivity index (χ0) is 20.6. The Labute approximate surface area is 186 Å². The Hall–Kier alpha value is 1.22. The summed E-state index contributed by atoms with van der Waals surface area (Å²) in [7, 11) is -8.78. The van der Waals surface area contributed by atoms with Gasteiger partial charge in [-0.05, 0) is 24.7 Å². The Balaban J connectivity index is -0.000000844. The minimum atomic E-state index is -4.64. The van der Waals surface area contributed by atoms with Crippen LogP contribution in [0.5, 0.6) is 0 Å². The van der Waals surface area contributed by atoms with Crippen LogP contribution in [-0.2, 0) is 18.2 Å². The van der Waals surface area contributed by atoms with Crippen LogP contribution in [0.25, 0.3) is 0 Å². The molecule has 8 nitrogen and oxygen atoms in total. The SMILES string of the molecule is CCCCC(CC)COP(=O)([O-])OCC(CC)CCCC.O=P(O)(O)O.[Na+]. The maximum Gasteiger partial charge on any atom is 1.00 e. The van der Waals surface area contributed by atoms with Crippen molar-refractivity contribution in [1.29, 1.82) is 0 Å². The molecule has 2 atom stereocenters. The summed E-state index contributed by atoms with van der Waals surface area (Å²) in [5.74, 6) is 0.607. The second kappa shape index (κ2) is 19.2. The van der Waals surface area contributed by atoms with Gasteiger partial charge in [0.1, 0.15) is 0 Å². The third-order valence-corrected chi connectivity index (χ3v) is 4.95. The van der Waals surface area contributed by atoms with Gasteiger partial charge < -0.3 is 28.6 Å². The number of hydrogen-bond acceptors (Lipinski definition) is 5. The second-order valence-corrected chi connectivity index (χ2v) is 8.82. The van der Waals surface area contributed by atoms with Crippen molar-refractivity contribution in [1.82, 2.24) is 0 Å². The van der Waals surface area contributed by atoms with E-state index >= 15 is 0 Å². The van der Waals surface area contributed by atoms with E-state index in [9.17, 15) is 9.46 Å². The molecular weight excluding hydrogens is 405 g/mol. The van der Waals surface area contributed by atoms with Crippen molar-refractivity contribution in [2.45, 2.75) is 79.1 Å². The minimum absolute atomic E-state index is 0. The van der Waals surface area contributed by atoms with Gasteiger partial charge in [0.05, 0.1) is 13.2 Å². The summed E-state index contributed by atoms with van der Waals surface area (Å²) < 4.78 is 30.8. The summed E-state index contributed by atoms with van der Waals surface area (Å²) in [5, 5.41) is 0. The van der Waals surface area contributed by atoms with Crippen molar-refractivity contribution in [3.05, 3.63) is 0 Å². The molecule has 0 aliphatic heterocycles. The zero-order valence-electron chi connectivity index (χ0n) is 17.5. The van der Waals surface area contributed by atoms with E-state index in [2.05, 4.69) is 27.7 Å². The quantitative estimate of drug-likeness (QED) is 0.268. The minimum Gasteiger partial charge on any atom is -0.756 e. The predicted octanol–water partition coefficient (Wildman–Crippen LogP) is 0.996. The largest absolute Gasteiger partial charge is 1.00 e. The van der Waals surface area contributed by atoms with Gasteiger partial charge >= 0.3 is 37.4 Å². The van der Waals surface area contributed by atoms with Crippen molar-refractivity contribution in [2.75, 3.05) is 13.2 Å². The molecule has 0 saturated carbocycles. The summed E-state index contributed by atoms with van der Waals surface area (Å²) >= 11 is 0. The third kappa shape index (κ3) is 27.2.